The summed E-state index contributed by atoms with van der Waals surface area (Å²) in [7, 11) is 1.29. The molecular weight excluding hydrogens is 287 g/mol. The summed E-state index contributed by atoms with van der Waals surface area (Å²) in [5, 5.41) is 0. The molecule has 1 aliphatic rings. The number of halogens is 1. The lowest BCUT2D eigenvalue weighted by atomic mass is 9.99. The zero-order valence-electron chi connectivity index (χ0n) is 11.9. The number of hydrogen-bond donors (Lipinski definition) is 0. The van der Waals surface area contributed by atoms with E-state index in [4.69, 9.17) is 0 Å². The van der Waals surface area contributed by atoms with Gasteiger partial charge < -0.3 is 4.74 Å². The molecule has 0 spiro atoms. The van der Waals surface area contributed by atoms with Crippen LogP contribution in [0.25, 0.3) is 0 Å². The number of aromatic nitrogens is 1. The Kier molecular flexibility index (Phi) is 3.58. The number of rotatable bonds is 2. The molecule has 0 fully saturated rings. The van der Waals surface area contributed by atoms with Gasteiger partial charge in [-0.15, -0.1) is 0 Å². The highest BCUT2D eigenvalue weighted by Gasteiger charge is 2.26. The topological polar surface area (TPSA) is 59.5 Å². The number of benzene rings is 1. The van der Waals surface area contributed by atoms with E-state index in [1.165, 1.54) is 30.3 Å². The minimum Gasteiger partial charge on any atom is -0.465 e. The molecule has 0 bridgehead atoms. The first kappa shape index (κ1) is 14.2. The summed E-state index contributed by atoms with van der Waals surface area (Å²) in [5.41, 5.74) is 1.49. The van der Waals surface area contributed by atoms with E-state index >= 15 is 0 Å². The second-order valence-corrected chi connectivity index (χ2v) is 4.90. The predicted octanol–water partition coefficient (Wildman–Crippen LogP) is 2.21. The Morgan fingerprint density at radius 3 is 2.82 bits per heavy atom. The van der Waals surface area contributed by atoms with E-state index in [1.54, 1.807) is 18.2 Å². The summed E-state index contributed by atoms with van der Waals surface area (Å²) >= 11 is 0. The van der Waals surface area contributed by atoms with Crippen LogP contribution in [0.2, 0.25) is 0 Å². The zero-order chi connectivity index (χ0) is 15.7. The van der Waals surface area contributed by atoms with Crippen LogP contribution in [0.1, 0.15) is 26.3 Å². The Morgan fingerprint density at radius 2 is 2.14 bits per heavy atom. The number of hydrogen-bond acceptors (Lipinski definition) is 4. The molecule has 2 heterocycles. The third-order valence-electron chi connectivity index (χ3n) is 3.60. The largest absolute Gasteiger partial charge is 0.465 e. The highest BCUT2D eigenvalue weighted by atomic mass is 19.1. The number of carbonyl (C=O) groups excluding carboxylic acids is 2. The quantitative estimate of drug-likeness (QED) is 0.798. The van der Waals surface area contributed by atoms with Crippen LogP contribution in [0.4, 0.5) is 10.2 Å². The van der Waals surface area contributed by atoms with E-state index in [-0.39, 0.29) is 5.91 Å². The second-order valence-electron chi connectivity index (χ2n) is 4.90. The number of esters is 1. The van der Waals surface area contributed by atoms with Gasteiger partial charge in [-0.1, -0.05) is 6.07 Å². The van der Waals surface area contributed by atoms with Crippen molar-refractivity contribution in [3.8, 4) is 0 Å². The van der Waals surface area contributed by atoms with Crippen molar-refractivity contribution in [2.75, 3.05) is 18.6 Å². The van der Waals surface area contributed by atoms with Crippen molar-refractivity contribution in [1.82, 2.24) is 4.98 Å². The van der Waals surface area contributed by atoms with Crippen molar-refractivity contribution < 1.29 is 18.7 Å². The fraction of sp³-hybridized carbons (Fsp3) is 0.188. The van der Waals surface area contributed by atoms with Crippen LogP contribution in [0, 0.1) is 5.82 Å². The monoisotopic (exact) mass is 300 g/mol. The SMILES string of the molecule is COC(=O)c1ccc(N2CCc3ccc(F)cc3C2=O)nc1. The molecule has 1 aromatic carbocycles. The van der Waals surface area contributed by atoms with Crippen LogP contribution in [0.15, 0.2) is 36.5 Å². The van der Waals surface area contributed by atoms with Crippen LogP contribution in [-0.4, -0.2) is 30.5 Å². The van der Waals surface area contributed by atoms with Crippen molar-refractivity contribution in [1.29, 1.82) is 0 Å². The molecule has 0 atom stereocenters. The Balaban J connectivity index is 1.90. The van der Waals surface area contributed by atoms with Gasteiger partial charge in [0.25, 0.3) is 5.91 Å². The molecule has 6 heteroatoms. The summed E-state index contributed by atoms with van der Waals surface area (Å²) in [6, 6.07) is 7.35. The molecule has 112 valence electrons. The molecule has 0 radical (unpaired) electrons. The summed E-state index contributed by atoms with van der Waals surface area (Å²) in [4.78, 5) is 29.5. The fourth-order valence-corrected chi connectivity index (χ4v) is 2.45. The molecule has 0 N–H and O–H groups in total. The molecule has 22 heavy (non-hydrogen) atoms. The maximum absolute atomic E-state index is 13.3. The third-order valence-corrected chi connectivity index (χ3v) is 3.60. The third kappa shape index (κ3) is 2.43. The highest BCUT2D eigenvalue weighted by Crippen LogP contribution is 2.24. The minimum atomic E-state index is -0.489. The van der Waals surface area contributed by atoms with Crippen molar-refractivity contribution in [2.45, 2.75) is 6.42 Å². The average Bonchev–Trinajstić information content (AvgIpc) is 2.55. The number of carbonyl (C=O) groups is 2. The number of methoxy groups -OCH3 is 1. The smallest absolute Gasteiger partial charge is 0.339 e. The van der Waals surface area contributed by atoms with E-state index in [9.17, 15) is 14.0 Å². The normalized spacial score (nSPS) is 13.7. The molecule has 1 aromatic heterocycles. The number of ether oxygens (including phenoxy) is 1. The Labute approximate surface area is 126 Å². The summed E-state index contributed by atoms with van der Waals surface area (Å²) in [5.74, 6) is -0.800. The summed E-state index contributed by atoms with van der Waals surface area (Å²) < 4.78 is 17.9. The molecular formula is C16H13FN2O3. The first-order valence-electron chi connectivity index (χ1n) is 6.75. The lowest BCUT2D eigenvalue weighted by Gasteiger charge is -2.27. The van der Waals surface area contributed by atoms with Crippen LogP contribution in [0.3, 0.4) is 0 Å². The number of fused-ring (bicyclic) bond motifs is 1. The van der Waals surface area contributed by atoms with Crippen molar-refractivity contribution in [3.63, 3.8) is 0 Å². The molecule has 0 saturated heterocycles. The van der Waals surface area contributed by atoms with Crippen molar-refractivity contribution >= 4 is 17.7 Å². The van der Waals surface area contributed by atoms with Gasteiger partial charge in [-0.2, -0.15) is 0 Å². The second kappa shape index (κ2) is 5.55. The van der Waals surface area contributed by atoms with Crippen molar-refractivity contribution in [3.05, 3.63) is 59.0 Å². The molecule has 0 unspecified atom stereocenters. The van der Waals surface area contributed by atoms with Gasteiger partial charge in [-0.05, 0) is 36.2 Å². The maximum atomic E-state index is 13.3. The van der Waals surface area contributed by atoms with Crippen LogP contribution < -0.4 is 4.90 Å². The molecule has 2 aromatic rings. The molecule has 5 nitrogen and oxygen atoms in total. The van der Waals surface area contributed by atoms with Gasteiger partial charge in [-0.3, -0.25) is 9.69 Å². The number of amides is 1. The molecule has 0 aliphatic carbocycles. The van der Waals surface area contributed by atoms with Gasteiger partial charge in [-0.25, -0.2) is 14.2 Å². The van der Waals surface area contributed by atoms with Crippen LogP contribution >= 0.6 is 0 Å². The number of nitrogens with zero attached hydrogens (tertiary/aromatic N) is 2. The standard InChI is InChI=1S/C16H13FN2O3/c1-22-16(21)11-3-5-14(18-9-11)19-7-6-10-2-4-12(17)8-13(10)15(19)20/h2-5,8-9H,6-7H2,1H3. The van der Waals surface area contributed by atoms with Gasteiger partial charge >= 0.3 is 5.97 Å². The number of pyridine rings is 1. The van der Waals surface area contributed by atoms with E-state index < -0.39 is 11.8 Å². The molecule has 1 amide bonds. The zero-order valence-corrected chi connectivity index (χ0v) is 11.9. The minimum absolute atomic E-state index is 0.293. The lowest BCUT2D eigenvalue weighted by molar-refractivity contribution is 0.0600. The maximum Gasteiger partial charge on any atom is 0.339 e. The van der Waals surface area contributed by atoms with Crippen molar-refractivity contribution in [2.24, 2.45) is 0 Å². The summed E-state index contributed by atoms with van der Waals surface area (Å²) in [6.07, 6.45) is 1.98. The average molecular weight is 300 g/mol. The Hall–Kier alpha value is -2.76. The predicted molar refractivity (Wildman–Crippen MR) is 77.4 cm³/mol. The van der Waals surface area contributed by atoms with Crippen LogP contribution in [0.5, 0.6) is 0 Å². The Bertz CT molecular complexity index is 744. The molecule has 3 rings (SSSR count). The lowest BCUT2D eigenvalue weighted by Crippen LogP contribution is -2.38. The van der Waals surface area contributed by atoms with Gasteiger partial charge in [0.15, 0.2) is 0 Å². The molecule has 1 aliphatic heterocycles. The van der Waals surface area contributed by atoms with E-state index in [1.807, 2.05) is 0 Å². The van der Waals surface area contributed by atoms with E-state index in [0.29, 0.717) is 29.9 Å². The van der Waals surface area contributed by atoms with E-state index in [0.717, 1.165) is 5.56 Å². The fourth-order valence-electron chi connectivity index (χ4n) is 2.45. The first-order chi connectivity index (χ1) is 10.6. The van der Waals surface area contributed by atoms with Crippen LogP contribution in [-0.2, 0) is 11.2 Å². The van der Waals surface area contributed by atoms with Gasteiger partial charge in [0.2, 0.25) is 0 Å². The Morgan fingerprint density at radius 1 is 1.32 bits per heavy atom. The number of anilines is 1. The van der Waals surface area contributed by atoms with E-state index in [2.05, 4.69) is 9.72 Å². The first-order valence-corrected chi connectivity index (χ1v) is 6.75. The highest BCUT2D eigenvalue weighted by molar-refractivity contribution is 6.07. The van der Waals surface area contributed by atoms with Gasteiger partial charge in [0, 0.05) is 18.3 Å². The van der Waals surface area contributed by atoms with Gasteiger partial charge in [0.05, 0.1) is 12.7 Å². The summed E-state index contributed by atoms with van der Waals surface area (Å²) in [6.45, 7) is 0.460. The van der Waals surface area contributed by atoms with Gasteiger partial charge in [0.1, 0.15) is 11.6 Å². The molecule has 0 saturated carbocycles.